The van der Waals surface area contributed by atoms with Gasteiger partial charge in [0.15, 0.2) is 4.77 Å². The zero-order chi connectivity index (χ0) is 20.5. The molecule has 0 saturated heterocycles. The minimum atomic E-state index is -0.504. The Morgan fingerprint density at radius 3 is 2.72 bits per heavy atom. The number of aromatic nitrogens is 2. The highest BCUT2D eigenvalue weighted by molar-refractivity contribution is 7.71. The van der Waals surface area contributed by atoms with Gasteiger partial charge < -0.3 is 14.6 Å². The van der Waals surface area contributed by atoms with E-state index in [0.717, 1.165) is 11.3 Å². The number of para-hydroxylation sites is 1. The summed E-state index contributed by atoms with van der Waals surface area (Å²) in [5.74, 6) is 0.691. The third-order valence-electron chi connectivity index (χ3n) is 4.61. The molecule has 2 aromatic carbocycles. The maximum Gasteiger partial charge on any atom is 0.262 e. The molecule has 1 aromatic heterocycles. The quantitative estimate of drug-likeness (QED) is 0.641. The number of aromatic amines is 1. The first-order valence-corrected chi connectivity index (χ1v) is 9.10. The number of H-pyrrole nitrogens is 1. The summed E-state index contributed by atoms with van der Waals surface area (Å²) < 4.78 is 12.0. The van der Waals surface area contributed by atoms with Gasteiger partial charge in [0, 0.05) is 23.4 Å². The summed E-state index contributed by atoms with van der Waals surface area (Å²) in [6.07, 6.45) is 3.24. The summed E-state index contributed by atoms with van der Waals surface area (Å²) in [5, 5.41) is 11.0. The smallest absolute Gasteiger partial charge is 0.262 e. The Balaban J connectivity index is 1.95. The van der Waals surface area contributed by atoms with Crippen molar-refractivity contribution in [1.82, 2.24) is 9.55 Å². The number of methoxy groups -OCH3 is 2. The number of aromatic hydroxyl groups is 1. The second kappa shape index (κ2) is 7.40. The van der Waals surface area contributed by atoms with E-state index < -0.39 is 5.56 Å². The molecule has 0 aliphatic carbocycles. The van der Waals surface area contributed by atoms with Crippen LogP contribution < -0.4 is 15.0 Å². The van der Waals surface area contributed by atoms with Gasteiger partial charge >= 0.3 is 0 Å². The molecule has 0 spiro atoms. The van der Waals surface area contributed by atoms with Gasteiger partial charge in [-0.1, -0.05) is 18.2 Å². The van der Waals surface area contributed by atoms with Gasteiger partial charge in [-0.25, -0.2) is 0 Å². The van der Waals surface area contributed by atoms with Crippen molar-refractivity contribution in [2.45, 2.75) is 0 Å². The van der Waals surface area contributed by atoms with Crippen LogP contribution in [0.25, 0.3) is 17.3 Å². The number of hydrogen-bond donors (Lipinski definition) is 2. The van der Waals surface area contributed by atoms with Crippen molar-refractivity contribution in [2.24, 2.45) is 4.99 Å². The van der Waals surface area contributed by atoms with Gasteiger partial charge in [0.1, 0.15) is 17.1 Å². The molecular weight excluding hydrogens is 390 g/mol. The second-order valence-electron chi connectivity index (χ2n) is 6.24. The first kappa shape index (κ1) is 18.7. The standard InChI is InChI=1S/C21H17N3O4S/c1-27-13-7-8-18(28-2)17(10-13)24-20(26)15(19(25)23-21(24)29)9-12-11-22-16-6-4-3-5-14(12)16/h3-11,26H,1-2H3,(H,23,25,29)/b12-9+. The van der Waals surface area contributed by atoms with Crippen LogP contribution in [-0.2, 0) is 0 Å². The third-order valence-corrected chi connectivity index (χ3v) is 4.89. The monoisotopic (exact) mass is 407 g/mol. The Morgan fingerprint density at radius 1 is 1.17 bits per heavy atom. The predicted octanol–water partition coefficient (Wildman–Crippen LogP) is 3.87. The molecule has 29 heavy (non-hydrogen) atoms. The molecular formula is C21H17N3O4S. The summed E-state index contributed by atoms with van der Waals surface area (Å²) >= 11 is 5.31. The lowest BCUT2D eigenvalue weighted by atomic mass is 10.1. The van der Waals surface area contributed by atoms with Crippen molar-refractivity contribution in [3.63, 3.8) is 0 Å². The lowest BCUT2D eigenvalue weighted by Gasteiger charge is -2.15. The zero-order valence-corrected chi connectivity index (χ0v) is 16.5. The predicted molar refractivity (Wildman–Crippen MR) is 114 cm³/mol. The van der Waals surface area contributed by atoms with Crippen molar-refractivity contribution in [2.75, 3.05) is 14.2 Å². The van der Waals surface area contributed by atoms with Crippen LogP contribution in [0.15, 0.2) is 52.3 Å². The van der Waals surface area contributed by atoms with E-state index in [9.17, 15) is 9.90 Å². The van der Waals surface area contributed by atoms with Crippen LogP contribution in [0.3, 0.4) is 0 Å². The molecule has 1 aliphatic heterocycles. The number of ether oxygens (including phenoxy) is 2. The second-order valence-corrected chi connectivity index (χ2v) is 6.63. The average molecular weight is 407 g/mol. The Hall–Kier alpha value is -3.65. The lowest BCUT2D eigenvalue weighted by molar-refractivity contribution is 0.394. The maximum absolute atomic E-state index is 12.6. The molecule has 0 bridgehead atoms. The number of allylic oxidation sites excluding steroid dienone is 1. The van der Waals surface area contributed by atoms with E-state index in [0.29, 0.717) is 22.8 Å². The number of benzene rings is 2. The number of nitrogens with zero attached hydrogens (tertiary/aromatic N) is 2. The van der Waals surface area contributed by atoms with Gasteiger partial charge in [-0.15, -0.1) is 0 Å². The summed E-state index contributed by atoms with van der Waals surface area (Å²) in [4.78, 5) is 19.5. The molecule has 0 radical (unpaired) electrons. The lowest BCUT2D eigenvalue weighted by Crippen LogP contribution is -2.16. The van der Waals surface area contributed by atoms with Crippen LogP contribution in [0.1, 0.15) is 11.1 Å². The molecule has 0 fully saturated rings. The fourth-order valence-corrected chi connectivity index (χ4v) is 3.45. The van der Waals surface area contributed by atoms with E-state index in [1.54, 1.807) is 30.5 Å². The summed E-state index contributed by atoms with van der Waals surface area (Å²) in [5.41, 5.74) is 2.38. The number of nitrogens with one attached hydrogen (secondary N) is 1. The fraction of sp³-hybridized carbons (Fsp3) is 0.0952. The normalized spacial score (nSPS) is 13.5. The van der Waals surface area contributed by atoms with E-state index in [1.807, 2.05) is 24.3 Å². The van der Waals surface area contributed by atoms with E-state index in [4.69, 9.17) is 21.7 Å². The van der Waals surface area contributed by atoms with E-state index in [1.165, 1.54) is 18.8 Å². The van der Waals surface area contributed by atoms with Crippen molar-refractivity contribution in [3.05, 3.63) is 68.7 Å². The average Bonchev–Trinajstić information content (AvgIpc) is 3.14. The van der Waals surface area contributed by atoms with Gasteiger partial charge in [-0.05, 0) is 36.5 Å². The van der Waals surface area contributed by atoms with E-state index in [-0.39, 0.29) is 16.2 Å². The molecule has 146 valence electrons. The number of aliphatic imine (C=N–C) groups is 1. The third kappa shape index (κ3) is 3.23. The van der Waals surface area contributed by atoms with Gasteiger partial charge in [-0.2, -0.15) is 0 Å². The van der Waals surface area contributed by atoms with Crippen LogP contribution >= 0.6 is 12.2 Å². The van der Waals surface area contributed by atoms with Crippen molar-refractivity contribution in [3.8, 4) is 23.1 Å². The van der Waals surface area contributed by atoms with Crippen molar-refractivity contribution < 1.29 is 14.6 Å². The molecule has 0 amide bonds. The molecule has 8 heteroatoms. The molecule has 0 saturated carbocycles. The van der Waals surface area contributed by atoms with Crippen molar-refractivity contribution in [1.29, 1.82) is 0 Å². The van der Waals surface area contributed by atoms with Gasteiger partial charge in [0.25, 0.3) is 5.56 Å². The van der Waals surface area contributed by atoms with Crippen LogP contribution in [0.5, 0.6) is 17.4 Å². The number of hydrogen-bond acceptors (Lipinski definition) is 6. The van der Waals surface area contributed by atoms with Crippen LogP contribution in [0.2, 0.25) is 0 Å². The molecule has 4 rings (SSSR count). The molecule has 0 unspecified atom stereocenters. The molecule has 0 atom stereocenters. The minimum Gasteiger partial charge on any atom is -0.497 e. The summed E-state index contributed by atoms with van der Waals surface area (Å²) in [6, 6.07) is 12.6. The Bertz CT molecular complexity index is 1290. The van der Waals surface area contributed by atoms with Crippen LogP contribution in [0.4, 0.5) is 5.69 Å². The Morgan fingerprint density at radius 2 is 1.97 bits per heavy atom. The van der Waals surface area contributed by atoms with Crippen LogP contribution in [-0.4, -0.2) is 35.1 Å². The fourth-order valence-electron chi connectivity index (χ4n) is 3.17. The number of fused-ring (bicyclic) bond motifs is 1. The first-order chi connectivity index (χ1) is 14.0. The highest BCUT2D eigenvalue weighted by Crippen LogP contribution is 2.35. The largest absolute Gasteiger partial charge is 0.497 e. The van der Waals surface area contributed by atoms with Crippen molar-refractivity contribution >= 4 is 35.8 Å². The molecule has 1 aliphatic rings. The molecule has 2 N–H and O–H groups in total. The highest BCUT2D eigenvalue weighted by atomic mass is 32.1. The first-order valence-electron chi connectivity index (χ1n) is 8.69. The topological polar surface area (TPSA) is 88.8 Å². The maximum atomic E-state index is 12.6. The summed E-state index contributed by atoms with van der Waals surface area (Å²) in [7, 11) is 3.04. The van der Waals surface area contributed by atoms with Gasteiger partial charge in [-0.3, -0.25) is 19.3 Å². The van der Waals surface area contributed by atoms with Gasteiger partial charge in [0.05, 0.1) is 25.6 Å². The molecule has 7 nitrogen and oxygen atoms in total. The Labute approximate surface area is 171 Å². The Kier molecular flexibility index (Phi) is 4.77. The van der Waals surface area contributed by atoms with Gasteiger partial charge in [0.2, 0.25) is 5.88 Å². The number of rotatable bonds is 4. The zero-order valence-electron chi connectivity index (χ0n) is 15.7. The SMILES string of the molecule is COc1ccc(OC)c(-n2c(O)c(/C=C3\C=Nc4ccccc43)c(=O)[nH]c2=S)c1. The summed E-state index contributed by atoms with van der Waals surface area (Å²) in [6.45, 7) is 0. The minimum absolute atomic E-state index is 0.0293. The van der Waals surface area contributed by atoms with E-state index in [2.05, 4.69) is 9.98 Å². The van der Waals surface area contributed by atoms with E-state index >= 15 is 0 Å². The highest BCUT2D eigenvalue weighted by Gasteiger charge is 2.18. The van der Waals surface area contributed by atoms with Crippen LogP contribution in [0, 0.1) is 4.77 Å². The molecule has 2 heterocycles. The molecule has 3 aromatic rings.